The number of amides is 1. The number of esters is 1. The van der Waals surface area contributed by atoms with E-state index in [1.165, 1.54) is 0 Å². The summed E-state index contributed by atoms with van der Waals surface area (Å²) in [5.74, 6) is 0.608. The molecule has 0 rings (SSSR count). The van der Waals surface area contributed by atoms with Crippen LogP contribution < -0.4 is 5.32 Å². The van der Waals surface area contributed by atoms with Crippen molar-refractivity contribution in [2.24, 2.45) is 5.92 Å². The van der Waals surface area contributed by atoms with Gasteiger partial charge in [-0.25, -0.2) is 0 Å². The van der Waals surface area contributed by atoms with Gasteiger partial charge in [-0.1, -0.05) is 33.6 Å². The number of hydrogen-bond acceptors (Lipinski definition) is 3. The van der Waals surface area contributed by atoms with Crippen molar-refractivity contribution in [1.82, 2.24) is 5.32 Å². The van der Waals surface area contributed by atoms with Gasteiger partial charge in [0, 0.05) is 19.4 Å². The molecule has 0 aromatic rings. The fourth-order valence-electron chi connectivity index (χ4n) is 1.71. The van der Waals surface area contributed by atoms with Gasteiger partial charge in [-0.3, -0.25) is 9.59 Å². The van der Waals surface area contributed by atoms with Gasteiger partial charge >= 0.3 is 5.97 Å². The first kappa shape index (κ1) is 18.9. The van der Waals surface area contributed by atoms with Crippen molar-refractivity contribution < 1.29 is 14.3 Å². The third-order valence-electron chi connectivity index (χ3n) is 3.09. The molecule has 0 aliphatic rings. The number of carbonyl (C=O) groups excluding carboxylic acids is 2. The van der Waals surface area contributed by atoms with E-state index in [0.29, 0.717) is 31.9 Å². The predicted octanol–water partition coefficient (Wildman–Crippen LogP) is 3.44. The molecule has 118 valence electrons. The molecule has 1 N–H and O–H groups in total. The predicted molar refractivity (Wildman–Crippen MR) is 81.4 cm³/mol. The van der Waals surface area contributed by atoms with Gasteiger partial charge in [0.05, 0.1) is 6.61 Å². The minimum atomic E-state index is -0.0978. The quantitative estimate of drug-likeness (QED) is 0.441. The Morgan fingerprint density at radius 2 is 1.80 bits per heavy atom. The summed E-state index contributed by atoms with van der Waals surface area (Å²) < 4.78 is 5.07. The van der Waals surface area contributed by atoms with E-state index in [1.54, 1.807) is 0 Å². The highest BCUT2D eigenvalue weighted by Gasteiger charge is 2.04. The molecular weight excluding hydrogens is 254 g/mol. The molecule has 4 heteroatoms. The summed E-state index contributed by atoms with van der Waals surface area (Å²) in [5, 5.41) is 2.91. The molecule has 0 saturated carbocycles. The Bertz CT molecular complexity index is 264. The summed E-state index contributed by atoms with van der Waals surface area (Å²) in [5.41, 5.74) is 0. The lowest BCUT2D eigenvalue weighted by Gasteiger charge is -2.07. The molecule has 0 fully saturated rings. The summed E-state index contributed by atoms with van der Waals surface area (Å²) >= 11 is 0. The van der Waals surface area contributed by atoms with Crippen molar-refractivity contribution in [2.45, 2.75) is 72.1 Å². The lowest BCUT2D eigenvalue weighted by Crippen LogP contribution is -2.24. The van der Waals surface area contributed by atoms with Crippen molar-refractivity contribution in [3.05, 3.63) is 0 Å². The number of unbranched alkanes of at least 4 members (excludes halogenated alkanes) is 3. The smallest absolute Gasteiger partial charge is 0.305 e. The van der Waals surface area contributed by atoms with E-state index in [4.69, 9.17) is 4.74 Å². The van der Waals surface area contributed by atoms with Crippen molar-refractivity contribution in [3.63, 3.8) is 0 Å². The average Bonchev–Trinajstić information content (AvgIpc) is 2.40. The molecule has 0 heterocycles. The Morgan fingerprint density at radius 1 is 1.05 bits per heavy atom. The zero-order valence-corrected chi connectivity index (χ0v) is 13.4. The normalized spacial score (nSPS) is 10.6. The van der Waals surface area contributed by atoms with Gasteiger partial charge in [-0.05, 0) is 31.6 Å². The molecule has 0 radical (unpaired) electrons. The summed E-state index contributed by atoms with van der Waals surface area (Å²) in [6.07, 6.45) is 6.75. The number of rotatable bonds is 12. The van der Waals surface area contributed by atoms with Crippen LogP contribution in [0.25, 0.3) is 0 Å². The molecule has 0 aromatic heterocycles. The van der Waals surface area contributed by atoms with Crippen LogP contribution in [0.1, 0.15) is 72.1 Å². The number of nitrogens with one attached hydrogen (secondary N) is 1. The van der Waals surface area contributed by atoms with Crippen LogP contribution in [-0.4, -0.2) is 25.0 Å². The molecule has 0 unspecified atom stereocenters. The maximum atomic E-state index is 11.4. The fraction of sp³-hybridized carbons (Fsp3) is 0.875. The largest absolute Gasteiger partial charge is 0.466 e. The maximum Gasteiger partial charge on any atom is 0.305 e. The Balaban J connectivity index is 3.31. The zero-order valence-electron chi connectivity index (χ0n) is 13.4. The van der Waals surface area contributed by atoms with Crippen LogP contribution in [0.15, 0.2) is 0 Å². The fourth-order valence-corrected chi connectivity index (χ4v) is 1.71. The molecule has 0 aliphatic heterocycles. The van der Waals surface area contributed by atoms with Crippen molar-refractivity contribution >= 4 is 11.9 Å². The van der Waals surface area contributed by atoms with Crippen LogP contribution in [0.3, 0.4) is 0 Å². The second-order valence-electron chi connectivity index (χ2n) is 5.67. The van der Waals surface area contributed by atoms with Crippen molar-refractivity contribution in [2.75, 3.05) is 13.2 Å². The second-order valence-corrected chi connectivity index (χ2v) is 5.67. The molecule has 0 spiro atoms. The zero-order chi connectivity index (χ0) is 15.2. The Labute approximate surface area is 123 Å². The van der Waals surface area contributed by atoms with E-state index < -0.39 is 0 Å². The molecule has 0 atom stereocenters. The van der Waals surface area contributed by atoms with Crippen LogP contribution in [0, 0.1) is 5.92 Å². The summed E-state index contributed by atoms with van der Waals surface area (Å²) in [6.45, 7) is 7.56. The van der Waals surface area contributed by atoms with Crippen LogP contribution in [0.2, 0.25) is 0 Å². The Kier molecular flexibility index (Phi) is 12.3. The van der Waals surface area contributed by atoms with Crippen LogP contribution in [0.5, 0.6) is 0 Å². The van der Waals surface area contributed by atoms with Gasteiger partial charge in [0.15, 0.2) is 0 Å². The summed E-state index contributed by atoms with van der Waals surface area (Å²) in [6, 6.07) is 0. The maximum absolute atomic E-state index is 11.4. The first-order valence-corrected chi connectivity index (χ1v) is 7.98. The van der Waals surface area contributed by atoms with Gasteiger partial charge in [0.25, 0.3) is 0 Å². The Hall–Kier alpha value is -1.06. The van der Waals surface area contributed by atoms with Gasteiger partial charge in [-0.15, -0.1) is 0 Å². The lowest BCUT2D eigenvalue weighted by atomic mass is 10.1. The highest BCUT2D eigenvalue weighted by Crippen LogP contribution is 2.04. The first-order chi connectivity index (χ1) is 9.56. The molecule has 4 nitrogen and oxygen atoms in total. The van der Waals surface area contributed by atoms with E-state index in [1.807, 2.05) is 0 Å². The van der Waals surface area contributed by atoms with E-state index in [9.17, 15) is 9.59 Å². The molecular formula is C16H31NO3. The van der Waals surface area contributed by atoms with E-state index in [2.05, 4.69) is 26.1 Å². The molecule has 0 aliphatic carbocycles. The van der Waals surface area contributed by atoms with Crippen LogP contribution >= 0.6 is 0 Å². The third kappa shape index (κ3) is 13.4. The number of hydrogen-bond donors (Lipinski definition) is 1. The van der Waals surface area contributed by atoms with E-state index >= 15 is 0 Å². The lowest BCUT2D eigenvalue weighted by molar-refractivity contribution is -0.143. The standard InChI is InChI=1S/C16H31NO3/c1-4-5-13-20-16(19)9-7-6-8-12-17-15(18)11-10-14(2)3/h14H,4-13H2,1-3H3,(H,17,18). The molecule has 1 amide bonds. The number of ether oxygens (including phenoxy) is 1. The van der Waals surface area contributed by atoms with Crippen LogP contribution in [-0.2, 0) is 14.3 Å². The van der Waals surface area contributed by atoms with Gasteiger partial charge in [-0.2, -0.15) is 0 Å². The highest BCUT2D eigenvalue weighted by atomic mass is 16.5. The molecule has 20 heavy (non-hydrogen) atoms. The minimum Gasteiger partial charge on any atom is -0.466 e. The summed E-state index contributed by atoms with van der Waals surface area (Å²) in [4.78, 5) is 22.8. The topological polar surface area (TPSA) is 55.4 Å². The van der Waals surface area contributed by atoms with E-state index in [-0.39, 0.29) is 11.9 Å². The molecule has 0 saturated heterocycles. The van der Waals surface area contributed by atoms with Crippen molar-refractivity contribution in [3.8, 4) is 0 Å². The minimum absolute atomic E-state index is 0.0978. The monoisotopic (exact) mass is 285 g/mol. The van der Waals surface area contributed by atoms with Gasteiger partial charge < -0.3 is 10.1 Å². The van der Waals surface area contributed by atoms with E-state index in [0.717, 1.165) is 38.5 Å². The van der Waals surface area contributed by atoms with Gasteiger partial charge in [0.1, 0.15) is 0 Å². The SMILES string of the molecule is CCCCOC(=O)CCCCCNC(=O)CCC(C)C. The average molecular weight is 285 g/mol. The number of carbonyl (C=O) groups is 2. The van der Waals surface area contributed by atoms with Gasteiger partial charge in [0.2, 0.25) is 5.91 Å². The van der Waals surface area contributed by atoms with Crippen LogP contribution in [0.4, 0.5) is 0 Å². The second kappa shape index (κ2) is 12.9. The molecule has 0 aromatic carbocycles. The molecule has 0 bridgehead atoms. The Morgan fingerprint density at radius 3 is 2.45 bits per heavy atom. The summed E-state index contributed by atoms with van der Waals surface area (Å²) in [7, 11) is 0. The highest BCUT2D eigenvalue weighted by molar-refractivity contribution is 5.75. The first-order valence-electron chi connectivity index (χ1n) is 7.98. The third-order valence-corrected chi connectivity index (χ3v) is 3.09. The van der Waals surface area contributed by atoms with Crippen molar-refractivity contribution in [1.29, 1.82) is 0 Å².